The minimum absolute atomic E-state index is 0.368. The van der Waals surface area contributed by atoms with E-state index in [0.717, 1.165) is 0 Å². The van der Waals surface area contributed by atoms with Gasteiger partial charge in [0.2, 0.25) is 0 Å². The van der Waals surface area contributed by atoms with Crippen molar-refractivity contribution in [2.45, 2.75) is 0 Å². The van der Waals surface area contributed by atoms with Crippen LogP contribution in [0, 0.1) is 4.84 Å². The molecule has 0 aromatic heterocycles. The molecular formula is C2H3Cl2O3S. The molecular weight excluding hydrogens is 175 g/mol. The Labute approximate surface area is 57.3 Å². The first-order valence-electron chi connectivity index (χ1n) is 1.54. The van der Waals surface area contributed by atoms with Crippen LogP contribution in [0.4, 0.5) is 0 Å². The fourth-order valence-corrected chi connectivity index (χ4v) is 1.24. The summed E-state index contributed by atoms with van der Waals surface area (Å²) in [6.45, 7) is 0. The van der Waals surface area contributed by atoms with Crippen LogP contribution in [-0.2, 0) is 10.1 Å². The van der Waals surface area contributed by atoms with Gasteiger partial charge in [-0.05, 0) is 0 Å². The van der Waals surface area contributed by atoms with Crippen LogP contribution in [0.2, 0.25) is 0 Å². The monoisotopic (exact) mass is 177 g/mol. The number of rotatable bonds is 2. The largest absolute Gasteiger partial charge is 0.285 e. The van der Waals surface area contributed by atoms with Gasteiger partial charge in [-0.25, -0.2) is 0 Å². The van der Waals surface area contributed by atoms with E-state index in [-0.39, 0.29) is 4.84 Å². The quantitative estimate of drug-likeness (QED) is 0.637. The van der Waals surface area contributed by atoms with Crippen LogP contribution in [0.5, 0.6) is 0 Å². The van der Waals surface area contributed by atoms with Crippen LogP contribution < -0.4 is 0 Å². The van der Waals surface area contributed by atoms with E-state index in [4.69, 9.17) is 27.8 Å². The van der Waals surface area contributed by atoms with Crippen molar-refractivity contribution in [2.75, 3.05) is 5.75 Å². The van der Waals surface area contributed by atoms with Gasteiger partial charge >= 0.3 is 0 Å². The van der Waals surface area contributed by atoms with Crippen LogP contribution in [0.15, 0.2) is 0 Å². The Morgan fingerprint density at radius 1 is 1.50 bits per heavy atom. The molecule has 0 heterocycles. The van der Waals surface area contributed by atoms with E-state index in [1.165, 1.54) is 0 Å². The van der Waals surface area contributed by atoms with Gasteiger partial charge in [-0.2, -0.15) is 8.42 Å². The third-order valence-electron chi connectivity index (χ3n) is 0.292. The second-order valence-electron chi connectivity index (χ2n) is 1.06. The normalized spacial score (nSPS) is 12.5. The molecule has 0 unspecified atom stereocenters. The number of halogens is 2. The van der Waals surface area contributed by atoms with Crippen LogP contribution >= 0.6 is 23.2 Å². The molecule has 0 aliphatic carbocycles. The summed E-state index contributed by atoms with van der Waals surface area (Å²) >= 11 is 9.81. The highest BCUT2D eigenvalue weighted by atomic mass is 35.5. The molecule has 0 saturated heterocycles. The standard InChI is InChI=1S/C2H3Cl2O3S/c3-2(4)1-8(5,6)7/h1H2,(H,5,6,7). The zero-order valence-corrected chi connectivity index (χ0v) is 5.96. The average Bonchev–Trinajstić information content (AvgIpc) is 1.21. The first-order valence-corrected chi connectivity index (χ1v) is 3.90. The van der Waals surface area contributed by atoms with Gasteiger partial charge in [-0.3, -0.25) is 4.55 Å². The summed E-state index contributed by atoms with van der Waals surface area (Å²) in [6.07, 6.45) is 0. The molecule has 0 aromatic rings. The zero-order valence-electron chi connectivity index (χ0n) is 3.63. The maximum Gasteiger partial charge on any atom is 0.267 e. The molecule has 0 aromatic carbocycles. The molecule has 0 bridgehead atoms. The lowest BCUT2D eigenvalue weighted by Crippen LogP contribution is -2.04. The number of hydrogen-bond donors (Lipinski definition) is 1. The van der Waals surface area contributed by atoms with E-state index in [2.05, 4.69) is 0 Å². The fraction of sp³-hybridized carbons (Fsp3) is 0.500. The van der Waals surface area contributed by atoms with Crippen molar-refractivity contribution in [3.8, 4) is 0 Å². The van der Waals surface area contributed by atoms with E-state index in [0.29, 0.717) is 0 Å². The molecule has 3 nitrogen and oxygen atoms in total. The summed E-state index contributed by atoms with van der Waals surface area (Å²) in [5, 5.41) is 0. The van der Waals surface area contributed by atoms with Crippen molar-refractivity contribution < 1.29 is 13.0 Å². The van der Waals surface area contributed by atoms with E-state index < -0.39 is 15.9 Å². The molecule has 0 atom stereocenters. The maximum absolute atomic E-state index is 9.81. The Morgan fingerprint density at radius 2 is 1.88 bits per heavy atom. The predicted octanol–water partition coefficient (Wildman–Crippen LogP) is 0.841. The lowest BCUT2D eigenvalue weighted by Gasteiger charge is -1.91. The molecule has 0 amide bonds. The van der Waals surface area contributed by atoms with Crippen molar-refractivity contribution in [3.63, 3.8) is 0 Å². The first-order chi connectivity index (χ1) is 3.42. The Hall–Kier alpha value is 0.490. The highest BCUT2D eigenvalue weighted by molar-refractivity contribution is 7.86. The van der Waals surface area contributed by atoms with E-state index in [1.807, 2.05) is 0 Å². The Balaban J connectivity index is 3.75. The van der Waals surface area contributed by atoms with Crippen LogP contribution in [-0.4, -0.2) is 18.7 Å². The summed E-state index contributed by atoms with van der Waals surface area (Å²) in [4.78, 5) is -0.368. The number of hydrogen-bond acceptors (Lipinski definition) is 2. The van der Waals surface area contributed by atoms with E-state index in [1.54, 1.807) is 0 Å². The second kappa shape index (κ2) is 2.87. The fourth-order valence-electron chi connectivity index (χ4n) is 0.138. The van der Waals surface area contributed by atoms with Gasteiger partial charge in [0.15, 0.2) is 4.84 Å². The van der Waals surface area contributed by atoms with Crippen molar-refractivity contribution in [1.29, 1.82) is 0 Å². The first kappa shape index (κ1) is 8.49. The van der Waals surface area contributed by atoms with Crippen LogP contribution in [0.25, 0.3) is 0 Å². The molecule has 0 spiro atoms. The van der Waals surface area contributed by atoms with Gasteiger partial charge in [0.05, 0.1) is 0 Å². The van der Waals surface area contributed by atoms with Crippen LogP contribution in [0.1, 0.15) is 0 Å². The molecule has 0 fully saturated rings. The maximum atomic E-state index is 9.81. The topological polar surface area (TPSA) is 54.4 Å². The zero-order chi connectivity index (χ0) is 6.78. The van der Waals surface area contributed by atoms with Crippen LogP contribution in [0.3, 0.4) is 0 Å². The Bertz CT molecular complexity index is 149. The highest BCUT2D eigenvalue weighted by Gasteiger charge is 2.11. The Morgan fingerprint density at radius 3 is 1.88 bits per heavy atom. The summed E-state index contributed by atoms with van der Waals surface area (Å²) in [5.41, 5.74) is 0. The van der Waals surface area contributed by atoms with Gasteiger partial charge in [0, 0.05) is 0 Å². The summed E-state index contributed by atoms with van der Waals surface area (Å²) < 4.78 is 27.6. The SMILES string of the molecule is O=S(=O)(O)C[C](Cl)Cl. The minimum Gasteiger partial charge on any atom is -0.285 e. The lowest BCUT2D eigenvalue weighted by molar-refractivity contribution is 0.486. The van der Waals surface area contributed by atoms with Gasteiger partial charge in [-0.15, -0.1) is 0 Å². The van der Waals surface area contributed by atoms with Crippen molar-refractivity contribution >= 4 is 33.3 Å². The smallest absolute Gasteiger partial charge is 0.267 e. The molecule has 6 heteroatoms. The molecule has 0 aliphatic heterocycles. The molecule has 0 rings (SSSR count). The predicted molar refractivity (Wildman–Crippen MR) is 31.4 cm³/mol. The summed E-state index contributed by atoms with van der Waals surface area (Å²) in [6, 6.07) is 0. The van der Waals surface area contributed by atoms with E-state index in [9.17, 15) is 8.42 Å². The van der Waals surface area contributed by atoms with Gasteiger partial charge in [0.25, 0.3) is 10.1 Å². The van der Waals surface area contributed by atoms with Gasteiger partial charge < -0.3 is 0 Å². The third kappa shape index (κ3) is 6.49. The van der Waals surface area contributed by atoms with Crippen molar-refractivity contribution in [1.82, 2.24) is 0 Å². The molecule has 1 N–H and O–H groups in total. The van der Waals surface area contributed by atoms with Crippen molar-refractivity contribution in [2.24, 2.45) is 0 Å². The minimum atomic E-state index is -4.02. The van der Waals surface area contributed by atoms with Crippen molar-refractivity contribution in [3.05, 3.63) is 4.84 Å². The second-order valence-corrected chi connectivity index (χ2v) is 3.62. The Kier molecular flexibility index (Phi) is 3.04. The van der Waals surface area contributed by atoms with Gasteiger partial charge in [0.1, 0.15) is 5.75 Å². The molecule has 49 valence electrons. The molecule has 0 saturated carbocycles. The third-order valence-corrected chi connectivity index (χ3v) is 1.53. The summed E-state index contributed by atoms with van der Waals surface area (Å²) in [7, 11) is -4.02. The lowest BCUT2D eigenvalue weighted by atomic mass is 10.9. The molecule has 1 radical (unpaired) electrons. The average molecular weight is 178 g/mol. The molecule has 0 aliphatic rings. The summed E-state index contributed by atoms with van der Waals surface area (Å²) in [5.74, 6) is -0.698. The van der Waals surface area contributed by atoms with E-state index >= 15 is 0 Å². The highest BCUT2D eigenvalue weighted by Crippen LogP contribution is 2.12. The van der Waals surface area contributed by atoms with Gasteiger partial charge in [-0.1, -0.05) is 23.2 Å². The molecule has 8 heavy (non-hydrogen) atoms.